The molecule has 6 nitrogen and oxygen atoms in total. The van der Waals surface area contributed by atoms with Gasteiger partial charge in [-0.15, -0.1) is 11.3 Å². The molecule has 2 fully saturated rings. The van der Waals surface area contributed by atoms with Crippen LogP contribution in [0.25, 0.3) is 0 Å². The third-order valence-corrected chi connectivity index (χ3v) is 6.64. The lowest BCUT2D eigenvalue weighted by molar-refractivity contribution is -0.00922. The number of nitrogens with two attached hydrogens (primary N) is 1. The van der Waals surface area contributed by atoms with E-state index in [0.29, 0.717) is 11.5 Å². The van der Waals surface area contributed by atoms with E-state index in [1.165, 1.54) is 12.1 Å². The van der Waals surface area contributed by atoms with Crippen LogP contribution in [0.1, 0.15) is 11.3 Å². The zero-order chi connectivity index (χ0) is 13.6. The van der Waals surface area contributed by atoms with Crippen LogP contribution in [0.2, 0.25) is 0 Å². The topological polar surface area (TPSA) is 105 Å². The van der Waals surface area contributed by atoms with Crippen molar-refractivity contribution in [3.8, 4) is 6.07 Å². The second kappa shape index (κ2) is 4.54. The summed E-state index contributed by atoms with van der Waals surface area (Å²) in [5, 5.41) is 8.73. The van der Waals surface area contributed by atoms with Crippen LogP contribution in [-0.2, 0) is 14.8 Å². The molecule has 2 aliphatic rings. The first-order chi connectivity index (χ1) is 9.03. The molecule has 8 heteroatoms. The summed E-state index contributed by atoms with van der Waals surface area (Å²) in [6.07, 6.45) is 0.780. The van der Waals surface area contributed by atoms with Crippen LogP contribution in [0.5, 0.6) is 0 Å². The molecule has 3 rings (SSSR count). The van der Waals surface area contributed by atoms with Crippen LogP contribution in [0.3, 0.4) is 0 Å². The maximum absolute atomic E-state index is 12.2. The zero-order valence-electron chi connectivity index (χ0n) is 9.94. The van der Waals surface area contributed by atoms with Crippen molar-refractivity contribution in [3.05, 3.63) is 17.0 Å². The minimum Gasteiger partial charge on any atom is -0.376 e. The molecule has 4 atom stereocenters. The van der Waals surface area contributed by atoms with E-state index in [1.807, 2.05) is 6.07 Å². The van der Waals surface area contributed by atoms with Crippen LogP contribution in [0.4, 0.5) is 0 Å². The molecule has 3 N–H and O–H groups in total. The van der Waals surface area contributed by atoms with Crippen LogP contribution in [0, 0.1) is 17.2 Å². The van der Waals surface area contributed by atoms with Crippen molar-refractivity contribution in [3.63, 3.8) is 0 Å². The van der Waals surface area contributed by atoms with E-state index in [9.17, 15) is 8.42 Å². The molecule has 1 saturated carbocycles. The molecule has 1 aliphatic heterocycles. The van der Waals surface area contributed by atoms with Gasteiger partial charge in [-0.25, -0.2) is 13.1 Å². The summed E-state index contributed by atoms with van der Waals surface area (Å²) in [6, 6.07) is 4.28. The van der Waals surface area contributed by atoms with Gasteiger partial charge in [-0.2, -0.15) is 5.26 Å². The van der Waals surface area contributed by atoms with Gasteiger partial charge in [0, 0.05) is 18.6 Å². The van der Waals surface area contributed by atoms with Crippen molar-refractivity contribution in [2.24, 2.45) is 11.7 Å². The summed E-state index contributed by atoms with van der Waals surface area (Å²) in [4.78, 5) is 0.369. The van der Waals surface area contributed by atoms with Gasteiger partial charge in [-0.3, -0.25) is 0 Å². The van der Waals surface area contributed by atoms with E-state index in [-0.39, 0.29) is 28.3 Å². The second-order valence-electron chi connectivity index (χ2n) is 4.74. The van der Waals surface area contributed by atoms with E-state index in [2.05, 4.69) is 4.72 Å². The van der Waals surface area contributed by atoms with Gasteiger partial charge in [0.25, 0.3) is 0 Å². The fourth-order valence-electron chi connectivity index (χ4n) is 2.66. The zero-order valence-corrected chi connectivity index (χ0v) is 11.6. The largest absolute Gasteiger partial charge is 0.376 e. The molecule has 19 heavy (non-hydrogen) atoms. The minimum atomic E-state index is -3.62. The van der Waals surface area contributed by atoms with Crippen LogP contribution in [-0.4, -0.2) is 33.2 Å². The molecule has 4 unspecified atom stereocenters. The van der Waals surface area contributed by atoms with E-state index in [1.54, 1.807) is 0 Å². The Hall–Kier alpha value is -0.980. The van der Waals surface area contributed by atoms with E-state index in [4.69, 9.17) is 15.7 Å². The maximum atomic E-state index is 12.2. The van der Waals surface area contributed by atoms with Gasteiger partial charge in [0.15, 0.2) is 0 Å². The van der Waals surface area contributed by atoms with Gasteiger partial charge in [0.2, 0.25) is 10.0 Å². The SMILES string of the molecule is N#Cc1ccc(S(=O)(=O)NC2C(N)C3CCOC32)s1. The van der Waals surface area contributed by atoms with Crippen molar-refractivity contribution in [1.29, 1.82) is 5.26 Å². The number of rotatable bonds is 3. The van der Waals surface area contributed by atoms with E-state index < -0.39 is 10.0 Å². The lowest BCUT2D eigenvalue weighted by Crippen LogP contribution is -2.68. The maximum Gasteiger partial charge on any atom is 0.250 e. The normalized spacial score (nSPS) is 33.5. The Bertz CT molecular complexity index is 634. The van der Waals surface area contributed by atoms with Crippen LogP contribution >= 0.6 is 11.3 Å². The van der Waals surface area contributed by atoms with Gasteiger partial charge in [-0.05, 0) is 18.6 Å². The van der Waals surface area contributed by atoms with Crippen molar-refractivity contribution in [2.75, 3.05) is 6.61 Å². The molecule has 102 valence electrons. The summed E-state index contributed by atoms with van der Waals surface area (Å²) >= 11 is 0.950. The minimum absolute atomic E-state index is 0.111. The highest BCUT2D eigenvalue weighted by Crippen LogP contribution is 2.38. The molecular formula is C11H13N3O3S2. The molecule has 0 bridgehead atoms. The summed E-state index contributed by atoms with van der Waals surface area (Å²) in [6.45, 7) is 0.638. The Morgan fingerprint density at radius 3 is 3.00 bits per heavy atom. The fourth-order valence-corrected chi connectivity index (χ4v) is 5.06. The molecule has 0 aromatic carbocycles. The average molecular weight is 299 g/mol. The number of sulfonamides is 1. The molecule has 1 aliphatic carbocycles. The predicted octanol–water partition coefficient (Wildman–Crippen LogP) is 0.0127. The summed E-state index contributed by atoms with van der Waals surface area (Å²) in [7, 11) is -3.62. The predicted molar refractivity (Wildman–Crippen MR) is 69.0 cm³/mol. The number of hydrogen-bond donors (Lipinski definition) is 2. The Morgan fingerprint density at radius 1 is 1.53 bits per heavy atom. The van der Waals surface area contributed by atoms with Crippen molar-refractivity contribution in [1.82, 2.24) is 4.72 Å². The van der Waals surface area contributed by atoms with Crippen LogP contribution in [0.15, 0.2) is 16.3 Å². The molecule has 0 radical (unpaired) electrons. The Labute approximate surface area is 115 Å². The Balaban J connectivity index is 1.77. The molecule has 0 amide bonds. The van der Waals surface area contributed by atoms with Crippen molar-refractivity contribution in [2.45, 2.75) is 28.8 Å². The molecular weight excluding hydrogens is 286 g/mol. The van der Waals surface area contributed by atoms with E-state index >= 15 is 0 Å². The first kappa shape index (κ1) is 13.0. The Morgan fingerprint density at radius 2 is 2.32 bits per heavy atom. The highest BCUT2D eigenvalue weighted by atomic mass is 32.2. The number of fused-ring (bicyclic) bond motifs is 1. The number of nitriles is 1. The van der Waals surface area contributed by atoms with Crippen molar-refractivity contribution >= 4 is 21.4 Å². The quantitative estimate of drug-likeness (QED) is 0.818. The third-order valence-electron chi connectivity index (χ3n) is 3.69. The lowest BCUT2D eigenvalue weighted by Gasteiger charge is -2.45. The number of nitrogens with one attached hydrogen (secondary N) is 1. The molecule has 1 aromatic heterocycles. The first-order valence-electron chi connectivity index (χ1n) is 5.92. The monoisotopic (exact) mass is 299 g/mol. The standard InChI is InChI=1S/C11H13N3O3S2/c12-5-6-1-2-8(18-6)19(15,16)14-10-9(13)7-3-4-17-11(7)10/h1-2,7,9-11,14H,3-4,13H2. The lowest BCUT2D eigenvalue weighted by atomic mass is 9.73. The summed E-state index contributed by atoms with van der Waals surface area (Å²) < 4.78 is 32.6. The summed E-state index contributed by atoms with van der Waals surface area (Å²) in [5.74, 6) is 0.255. The Kier molecular flexibility index (Phi) is 3.11. The second-order valence-corrected chi connectivity index (χ2v) is 7.77. The van der Waals surface area contributed by atoms with E-state index in [0.717, 1.165) is 17.8 Å². The highest BCUT2D eigenvalue weighted by Gasteiger charge is 2.53. The number of thiophene rings is 1. The number of nitrogens with zero attached hydrogens (tertiary/aromatic N) is 1. The number of ether oxygens (including phenoxy) is 1. The summed E-state index contributed by atoms with van der Waals surface area (Å²) in [5.41, 5.74) is 5.97. The van der Waals surface area contributed by atoms with Gasteiger partial charge >= 0.3 is 0 Å². The smallest absolute Gasteiger partial charge is 0.250 e. The molecule has 2 heterocycles. The van der Waals surface area contributed by atoms with Gasteiger partial charge in [0.05, 0.1) is 12.1 Å². The van der Waals surface area contributed by atoms with Gasteiger partial charge in [-0.1, -0.05) is 0 Å². The number of hydrogen-bond acceptors (Lipinski definition) is 6. The van der Waals surface area contributed by atoms with Crippen molar-refractivity contribution < 1.29 is 13.2 Å². The molecule has 0 spiro atoms. The van der Waals surface area contributed by atoms with Crippen LogP contribution < -0.4 is 10.5 Å². The highest BCUT2D eigenvalue weighted by molar-refractivity contribution is 7.91. The average Bonchev–Trinajstić information content (AvgIpc) is 3.03. The first-order valence-corrected chi connectivity index (χ1v) is 8.22. The van der Waals surface area contributed by atoms with Gasteiger partial charge in [0.1, 0.15) is 15.2 Å². The fraction of sp³-hybridized carbons (Fsp3) is 0.545. The molecule has 1 aromatic rings. The third kappa shape index (κ3) is 2.07. The molecule has 1 saturated heterocycles. The van der Waals surface area contributed by atoms with Gasteiger partial charge < -0.3 is 10.5 Å².